The maximum Gasteiger partial charge on any atom is 0.355 e. The fourth-order valence-electron chi connectivity index (χ4n) is 0.933. The molecule has 0 saturated heterocycles. The van der Waals surface area contributed by atoms with Gasteiger partial charge in [0.15, 0.2) is 5.69 Å². The number of alkyl halides is 2. The Morgan fingerprint density at radius 3 is 2.64 bits per heavy atom. The Kier molecular flexibility index (Phi) is 3.15. The van der Waals surface area contributed by atoms with Gasteiger partial charge in [-0.25, -0.2) is 18.6 Å². The minimum Gasteiger partial charge on any atom is -0.476 e. The maximum absolute atomic E-state index is 12.4. The molecular formula is C8H6BrF2NO2. The highest BCUT2D eigenvalue weighted by Gasteiger charge is 2.20. The van der Waals surface area contributed by atoms with Gasteiger partial charge >= 0.3 is 5.97 Å². The quantitative estimate of drug-likeness (QED) is 0.895. The number of rotatable bonds is 2. The lowest BCUT2D eigenvalue weighted by Crippen LogP contribution is -2.07. The number of nitrogens with zero attached hydrogens (tertiary/aromatic N) is 1. The number of pyridine rings is 1. The van der Waals surface area contributed by atoms with Crippen LogP contribution < -0.4 is 0 Å². The summed E-state index contributed by atoms with van der Waals surface area (Å²) < 4.78 is 25.1. The van der Waals surface area contributed by atoms with Crippen molar-refractivity contribution in [2.24, 2.45) is 0 Å². The van der Waals surface area contributed by atoms with Gasteiger partial charge in [0.2, 0.25) is 0 Å². The average Bonchev–Trinajstić information content (AvgIpc) is 2.08. The number of carboxylic acid groups (broad SMARTS) is 1. The number of hydrogen-bond donors (Lipinski definition) is 1. The molecule has 0 aliphatic carbocycles. The molecule has 6 heteroatoms. The molecule has 0 bridgehead atoms. The number of hydrogen-bond acceptors (Lipinski definition) is 2. The molecule has 0 aliphatic heterocycles. The van der Waals surface area contributed by atoms with Crippen molar-refractivity contribution in [1.29, 1.82) is 0 Å². The van der Waals surface area contributed by atoms with E-state index in [4.69, 9.17) is 5.11 Å². The van der Waals surface area contributed by atoms with E-state index < -0.39 is 23.7 Å². The van der Waals surface area contributed by atoms with Crippen LogP contribution in [0.2, 0.25) is 0 Å². The van der Waals surface area contributed by atoms with Crippen molar-refractivity contribution in [2.75, 3.05) is 0 Å². The van der Waals surface area contributed by atoms with Crippen molar-refractivity contribution in [2.45, 2.75) is 13.3 Å². The molecule has 1 aromatic rings. The molecule has 76 valence electrons. The van der Waals surface area contributed by atoms with Gasteiger partial charge in [0.05, 0.1) is 11.3 Å². The van der Waals surface area contributed by atoms with E-state index >= 15 is 0 Å². The molecule has 3 nitrogen and oxygen atoms in total. The summed E-state index contributed by atoms with van der Waals surface area (Å²) in [5.74, 6) is -1.45. The van der Waals surface area contributed by atoms with E-state index in [2.05, 4.69) is 20.9 Å². The Morgan fingerprint density at radius 2 is 2.21 bits per heavy atom. The van der Waals surface area contributed by atoms with Crippen LogP contribution in [0, 0.1) is 6.92 Å². The Bertz CT molecular complexity index is 382. The van der Waals surface area contributed by atoms with Gasteiger partial charge in [0.25, 0.3) is 6.43 Å². The van der Waals surface area contributed by atoms with Crippen molar-refractivity contribution < 1.29 is 18.7 Å². The van der Waals surface area contributed by atoms with Crippen LogP contribution in [0.1, 0.15) is 28.2 Å². The van der Waals surface area contributed by atoms with Crippen LogP contribution in [0.25, 0.3) is 0 Å². The van der Waals surface area contributed by atoms with Crippen LogP contribution in [-0.4, -0.2) is 16.1 Å². The molecule has 0 saturated carbocycles. The molecule has 1 rings (SSSR count). The average molecular weight is 266 g/mol. The van der Waals surface area contributed by atoms with Crippen molar-refractivity contribution in [3.63, 3.8) is 0 Å². The largest absolute Gasteiger partial charge is 0.476 e. The molecule has 0 unspecified atom stereocenters. The summed E-state index contributed by atoms with van der Waals surface area (Å²) in [6.07, 6.45) is -2.84. The molecule has 0 aliphatic rings. The number of carboxylic acids is 1. The zero-order valence-electron chi connectivity index (χ0n) is 7.09. The highest BCUT2D eigenvalue weighted by molar-refractivity contribution is 9.10. The highest BCUT2D eigenvalue weighted by Crippen LogP contribution is 2.26. The number of aryl methyl sites for hydroxylation is 1. The number of halogens is 3. The summed E-state index contributed by atoms with van der Waals surface area (Å²) in [7, 11) is 0. The van der Waals surface area contributed by atoms with E-state index in [0.717, 1.165) is 6.07 Å². The van der Waals surface area contributed by atoms with Crippen LogP contribution in [0.3, 0.4) is 0 Å². The lowest BCUT2D eigenvalue weighted by molar-refractivity contribution is 0.0676. The monoisotopic (exact) mass is 265 g/mol. The van der Waals surface area contributed by atoms with Gasteiger partial charge in [-0.3, -0.25) is 0 Å². The van der Waals surface area contributed by atoms with Gasteiger partial charge in [0.1, 0.15) is 0 Å². The second kappa shape index (κ2) is 4.00. The van der Waals surface area contributed by atoms with Crippen molar-refractivity contribution >= 4 is 21.9 Å². The van der Waals surface area contributed by atoms with Crippen molar-refractivity contribution in [1.82, 2.24) is 4.98 Å². The van der Waals surface area contributed by atoms with Crippen molar-refractivity contribution in [3.8, 4) is 0 Å². The Labute approximate surface area is 86.9 Å². The van der Waals surface area contributed by atoms with E-state index in [0.29, 0.717) is 10.2 Å². The van der Waals surface area contributed by atoms with E-state index in [9.17, 15) is 13.6 Å². The molecule has 1 heterocycles. The number of aromatic carboxylic acids is 1. The summed E-state index contributed by atoms with van der Waals surface area (Å²) in [5.41, 5.74) is -0.803. The Balaban J connectivity index is 3.39. The molecule has 0 spiro atoms. The normalized spacial score (nSPS) is 10.6. The summed E-state index contributed by atoms with van der Waals surface area (Å²) in [6, 6.07) is 1.08. The third-order valence-corrected chi connectivity index (χ3v) is 2.42. The zero-order valence-corrected chi connectivity index (χ0v) is 8.68. The highest BCUT2D eigenvalue weighted by atomic mass is 79.9. The molecule has 0 atom stereocenters. The summed E-state index contributed by atoms with van der Waals surface area (Å²) >= 11 is 3.01. The minimum absolute atomic E-state index is 0.367. The lowest BCUT2D eigenvalue weighted by Gasteiger charge is -2.06. The molecule has 0 amide bonds. The molecule has 14 heavy (non-hydrogen) atoms. The zero-order chi connectivity index (χ0) is 10.9. The summed E-state index contributed by atoms with van der Waals surface area (Å²) in [5, 5.41) is 8.62. The Hall–Kier alpha value is -1.04. The summed E-state index contributed by atoms with van der Waals surface area (Å²) in [6.45, 7) is 1.53. The topological polar surface area (TPSA) is 50.2 Å². The van der Waals surface area contributed by atoms with Gasteiger partial charge in [-0.1, -0.05) is 0 Å². The molecule has 0 aromatic carbocycles. The van der Waals surface area contributed by atoms with Gasteiger partial charge in [-0.15, -0.1) is 0 Å². The third kappa shape index (κ3) is 2.06. The molecule has 0 fully saturated rings. The molecule has 0 radical (unpaired) electrons. The van der Waals surface area contributed by atoms with Crippen LogP contribution in [0.5, 0.6) is 0 Å². The molecular weight excluding hydrogens is 260 g/mol. The van der Waals surface area contributed by atoms with Gasteiger partial charge in [-0.2, -0.15) is 0 Å². The first kappa shape index (κ1) is 11.0. The van der Waals surface area contributed by atoms with E-state index in [1.54, 1.807) is 0 Å². The van der Waals surface area contributed by atoms with E-state index in [-0.39, 0.29) is 0 Å². The minimum atomic E-state index is -2.84. The van der Waals surface area contributed by atoms with Gasteiger partial charge in [-0.05, 0) is 28.9 Å². The van der Waals surface area contributed by atoms with Crippen molar-refractivity contribution in [3.05, 3.63) is 27.5 Å². The van der Waals surface area contributed by atoms with Crippen LogP contribution in [0.15, 0.2) is 10.5 Å². The van der Waals surface area contributed by atoms with E-state index in [1.165, 1.54) is 6.92 Å². The number of carbonyl (C=O) groups is 1. The second-order valence-electron chi connectivity index (χ2n) is 2.60. The first-order chi connectivity index (χ1) is 6.43. The van der Waals surface area contributed by atoms with Gasteiger partial charge < -0.3 is 5.11 Å². The molecule has 1 N–H and O–H groups in total. The third-order valence-electron chi connectivity index (χ3n) is 1.62. The predicted molar refractivity (Wildman–Crippen MR) is 48.6 cm³/mol. The maximum atomic E-state index is 12.4. The first-order valence-corrected chi connectivity index (χ1v) is 4.41. The van der Waals surface area contributed by atoms with Crippen LogP contribution in [-0.2, 0) is 0 Å². The smallest absolute Gasteiger partial charge is 0.355 e. The summed E-state index contributed by atoms with van der Waals surface area (Å²) in [4.78, 5) is 14.1. The first-order valence-electron chi connectivity index (χ1n) is 3.62. The lowest BCUT2D eigenvalue weighted by atomic mass is 10.2. The van der Waals surface area contributed by atoms with Crippen LogP contribution in [0.4, 0.5) is 8.78 Å². The standard InChI is InChI=1S/C8H6BrF2NO2/c1-3-5(9)2-4(7(10)11)6(12-3)8(13)14/h2,7H,1H3,(H,13,14). The van der Waals surface area contributed by atoms with Gasteiger partial charge in [0, 0.05) is 4.47 Å². The second-order valence-corrected chi connectivity index (χ2v) is 3.45. The molecule has 1 aromatic heterocycles. The number of aromatic nitrogens is 1. The SMILES string of the molecule is Cc1nc(C(=O)O)c(C(F)F)cc1Br. The fraction of sp³-hybridized carbons (Fsp3) is 0.250. The fourth-order valence-corrected chi connectivity index (χ4v) is 1.27. The Morgan fingerprint density at radius 1 is 1.64 bits per heavy atom. The van der Waals surface area contributed by atoms with Crippen LogP contribution >= 0.6 is 15.9 Å². The predicted octanol–water partition coefficient (Wildman–Crippen LogP) is 2.79. The van der Waals surface area contributed by atoms with E-state index in [1.807, 2.05) is 0 Å².